The van der Waals surface area contributed by atoms with Gasteiger partial charge in [-0.05, 0) is 88.7 Å². The number of hydrogen-bond donors (Lipinski definition) is 7. The molecule has 0 bridgehead atoms. The Morgan fingerprint density at radius 2 is 1.36 bits per heavy atom. The van der Waals surface area contributed by atoms with Gasteiger partial charge in [0.15, 0.2) is 27.5 Å². The van der Waals surface area contributed by atoms with Crippen LogP contribution in [0.15, 0.2) is 69.6 Å². The maximum atomic E-state index is 13.2. The molecule has 0 aliphatic rings. The number of aliphatic imine (C=N–C) groups is 2. The fourth-order valence-corrected chi connectivity index (χ4v) is 3.98. The van der Waals surface area contributed by atoms with Crippen LogP contribution in [0.2, 0.25) is 0 Å². The Morgan fingerprint density at radius 1 is 0.894 bits per heavy atom. The number of halogens is 4. The van der Waals surface area contributed by atoms with Crippen molar-refractivity contribution in [2.75, 3.05) is 11.5 Å². The number of carboxylic acids is 2. The summed E-state index contributed by atoms with van der Waals surface area (Å²) < 4.78 is 35.3. The standard InChI is InChI=1S/C11H8BrFN4O4S.C9H5BrFN5O4.C2H4O2S/c12-6-3-5(1-2-7(6)13)14-10(15-20)9-11(17-21-16-9)22-4-8(18)19;10-5-3-4(1-2-6(5)11)12-8(13-17)7-9(16(18)19)15-20-14-7;3-2(4)1-5/h1-3,20H,4H2,(H,14,15)(H,18,19);1-3,17H,(H,12,13);5H,1H2,(H,3,4). The summed E-state index contributed by atoms with van der Waals surface area (Å²) in [5.41, 5.74) is 3.67. The molecule has 19 nitrogen and oxygen atoms in total. The van der Waals surface area contributed by atoms with Gasteiger partial charge < -0.3 is 20.3 Å². The van der Waals surface area contributed by atoms with Crippen LogP contribution < -0.4 is 11.0 Å². The SMILES string of the molecule is O=C(O)CS.O=C(O)CSc1nonc1C(=Nc1ccc(F)c(Br)c1)NO.O=[N+]([O-])c1nonc1C(=Nc1ccc(F)c(Br)c1)NO. The largest absolute Gasteiger partial charge is 0.481 e. The predicted molar refractivity (Wildman–Crippen MR) is 166 cm³/mol. The number of hydrogen-bond acceptors (Lipinski definition) is 16. The normalized spacial score (nSPS) is 11.0. The number of hydroxylamine groups is 2. The lowest BCUT2D eigenvalue weighted by molar-refractivity contribution is -0.391. The minimum Gasteiger partial charge on any atom is -0.481 e. The van der Waals surface area contributed by atoms with Crippen molar-refractivity contribution in [3.05, 3.63) is 78.5 Å². The average molecular weight is 829 g/mol. The van der Waals surface area contributed by atoms with Gasteiger partial charge in [0.05, 0.1) is 31.8 Å². The topological polar surface area (TPSA) is 285 Å². The number of carboxylic acid groups (broad SMARTS) is 2. The van der Waals surface area contributed by atoms with Crippen LogP contribution in [-0.4, -0.2) is 81.3 Å². The second kappa shape index (κ2) is 19.2. The van der Waals surface area contributed by atoms with Crippen molar-refractivity contribution in [2.24, 2.45) is 9.98 Å². The van der Waals surface area contributed by atoms with E-state index in [2.05, 4.69) is 84.4 Å². The van der Waals surface area contributed by atoms with E-state index in [9.17, 15) is 33.7 Å². The third kappa shape index (κ3) is 12.3. The number of thiol groups is 1. The molecule has 0 fully saturated rings. The van der Waals surface area contributed by atoms with Crippen LogP contribution >= 0.6 is 56.3 Å². The van der Waals surface area contributed by atoms with Crippen molar-refractivity contribution in [1.29, 1.82) is 0 Å². The molecule has 25 heteroatoms. The molecule has 250 valence electrons. The molecule has 4 rings (SSSR count). The fourth-order valence-electron chi connectivity index (χ4n) is 2.63. The van der Waals surface area contributed by atoms with E-state index in [1.807, 2.05) is 5.48 Å². The van der Waals surface area contributed by atoms with E-state index in [0.29, 0.717) is 5.69 Å². The summed E-state index contributed by atoms with van der Waals surface area (Å²) >= 11 is 10.3. The van der Waals surface area contributed by atoms with Gasteiger partial charge in [-0.25, -0.2) is 28.9 Å². The average Bonchev–Trinajstić information content (AvgIpc) is 3.72. The highest BCUT2D eigenvalue weighted by atomic mass is 79.9. The minimum atomic E-state index is -1.04. The molecule has 0 saturated heterocycles. The van der Waals surface area contributed by atoms with Crippen LogP contribution in [0.1, 0.15) is 11.4 Å². The molecule has 6 N–H and O–H groups in total. The van der Waals surface area contributed by atoms with Crippen LogP contribution in [0.4, 0.5) is 26.0 Å². The first kappa shape index (κ1) is 38.6. The van der Waals surface area contributed by atoms with Gasteiger partial charge in [0.25, 0.3) is 5.69 Å². The van der Waals surface area contributed by atoms with Crippen molar-refractivity contribution < 1.29 is 53.2 Å². The summed E-state index contributed by atoms with van der Waals surface area (Å²) in [5, 5.41) is 58.7. The lowest BCUT2D eigenvalue weighted by Crippen LogP contribution is -2.21. The van der Waals surface area contributed by atoms with Crippen molar-refractivity contribution >= 4 is 97.1 Å². The molecule has 0 spiro atoms. The highest BCUT2D eigenvalue weighted by Gasteiger charge is 2.27. The van der Waals surface area contributed by atoms with Crippen LogP contribution in [0.3, 0.4) is 0 Å². The third-order valence-electron chi connectivity index (χ3n) is 4.52. The molecule has 0 aliphatic heterocycles. The van der Waals surface area contributed by atoms with Crippen LogP contribution in [-0.2, 0) is 9.59 Å². The Labute approximate surface area is 285 Å². The molecule has 0 aliphatic carbocycles. The minimum absolute atomic E-state index is 0.0363. The van der Waals surface area contributed by atoms with Gasteiger partial charge in [0.2, 0.25) is 0 Å². The van der Waals surface area contributed by atoms with Crippen LogP contribution in [0.5, 0.6) is 0 Å². The smallest absolute Gasteiger partial charge is 0.445 e. The number of rotatable bonds is 9. The van der Waals surface area contributed by atoms with Crippen LogP contribution in [0, 0.1) is 21.7 Å². The summed E-state index contributed by atoms with van der Waals surface area (Å²) in [6, 6.07) is 7.72. The number of thioether (sulfide) groups is 1. The number of aliphatic carboxylic acids is 2. The van der Waals surface area contributed by atoms with E-state index in [4.69, 9.17) is 15.4 Å². The number of nitro groups is 1. The zero-order valence-corrected chi connectivity index (χ0v) is 27.5. The summed E-state index contributed by atoms with van der Waals surface area (Å²) in [6.45, 7) is 0. The predicted octanol–water partition coefficient (Wildman–Crippen LogP) is 4.14. The van der Waals surface area contributed by atoms with E-state index in [1.54, 1.807) is 5.48 Å². The monoisotopic (exact) mass is 827 g/mol. The quantitative estimate of drug-likeness (QED) is 0.0312. The van der Waals surface area contributed by atoms with E-state index < -0.39 is 40.0 Å². The fraction of sp³-hybridized carbons (Fsp3) is 0.0909. The molecule has 0 amide bonds. The molecule has 0 saturated carbocycles. The molecule has 2 aromatic carbocycles. The molecule has 2 heterocycles. The Bertz CT molecular complexity index is 1780. The van der Waals surface area contributed by atoms with E-state index >= 15 is 0 Å². The molecule has 0 radical (unpaired) electrons. The van der Waals surface area contributed by atoms with Crippen molar-refractivity contribution in [1.82, 2.24) is 31.6 Å². The highest BCUT2D eigenvalue weighted by molar-refractivity contribution is 9.10. The Kier molecular flexibility index (Phi) is 15.8. The summed E-state index contributed by atoms with van der Waals surface area (Å²) in [6.07, 6.45) is 0. The van der Waals surface area contributed by atoms with Gasteiger partial charge in [-0.15, -0.1) is 4.63 Å². The zero-order chi connectivity index (χ0) is 35.1. The molecule has 2 aromatic heterocycles. The number of nitrogens with one attached hydrogen (secondary N) is 2. The first-order valence-electron chi connectivity index (χ1n) is 11.7. The van der Waals surface area contributed by atoms with E-state index in [0.717, 1.165) is 17.8 Å². The van der Waals surface area contributed by atoms with Gasteiger partial charge in [-0.2, -0.15) is 12.6 Å². The lowest BCUT2D eigenvalue weighted by atomic mass is 10.3. The summed E-state index contributed by atoms with van der Waals surface area (Å²) in [5.74, 6) is -4.43. The zero-order valence-electron chi connectivity index (χ0n) is 22.6. The number of nitrogens with zero attached hydrogens (tertiary/aromatic N) is 7. The van der Waals surface area contributed by atoms with Gasteiger partial charge in [-0.1, -0.05) is 11.8 Å². The Morgan fingerprint density at radius 3 is 1.79 bits per heavy atom. The van der Waals surface area contributed by atoms with Gasteiger partial charge in [0, 0.05) is 0 Å². The van der Waals surface area contributed by atoms with Crippen LogP contribution in [0.25, 0.3) is 0 Å². The van der Waals surface area contributed by atoms with Crippen molar-refractivity contribution in [3.8, 4) is 0 Å². The second-order valence-electron chi connectivity index (χ2n) is 7.69. The van der Waals surface area contributed by atoms with E-state index in [-0.39, 0.29) is 48.5 Å². The Hall–Kier alpha value is -4.56. The molecule has 47 heavy (non-hydrogen) atoms. The molecular weight excluding hydrogens is 812 g/mol. The maximum Gasteiger partial charge on any atom is 0.445 e. The number of benzene rings is 2. The Balaban J connectivity index is 0.000000287. The molecule has 4 aromatic rings. The maximum absolute atomic E-state index is 13.2. The number of aromatic nitrogens is 4. The number of amidine groups is 2. The summed E-state index contributed by atoms with van der Waals surface area (Å²) in [7, 11) is 0. The van der Waals surface area contributed by atoms with Gasteiger partial charge in [-0.3, -0.25) is 25.5 Å². The molecule has 0 atom stereocenters. The first-order chi connectivity index (χ1) is 22.3. The van der Waals surface area contributed by atoms with Gasteiger partial charge >= 0.3 is 17.8 Å². The van der Waals surface area contributed by atoms with Gasteiger partial charge in [0.1, 0.15) is 11.6 Å². The third-order valence-corrected chi connectivity index (χ3v) is 6.94. The lowest BCUT2D eigenvalue weighted by Gasteiger charge is -2.03. The van der Waals surface area contributed by atoms with E-state index in [1.165, 1.54) is 30.3 Å². The van der Waals surface area contributed by atoms with Crippen molar-refractivity contribution in [3.63, 3.8) is 0 Å². The number of carbonyl (C=O) groups is 2. The van der Waals surface area contributed by atoms with Crippen molar-refractivity contribution in [2.45, 2.75) is 5.03 Å². The molecule has 0 unspecified atom stereocenters. The molecular formula is C22H17Br2F2N9O10S2. The second-order valence-corrected chi connectivity index (χ2v) is 10.7. The first-order valence-corrected chi connectivity index (χ1v) is 14.9. The highest BCUT2D eigenvalue weighted by Crippen LogP contribution is 2.25. The summed E-state index contributed by atoms with van der Waals surface area (Å²) in [4.78, 5) is 37.6.